The number of nitrogens with one attached hydrogen (secondary N) is 1. The second-order valence-corrected chi connectivity index (χ2v) is 3.80. The molecule has 1 aliphatic rings. The molecule has 2 rings (SSSR count). The summed E-state index contributed by atoms with van der Waals surface area (Å²) in [6.07, 6.45) is 2.00. The number of carbonyl (C=O) groups excluding carboxylic acids is 1. The van der Waals surface area contributed by atoms with Gasteiger partial charge < -0.3 is 10.1 Å². The molecule has 0 saturated carbocycles. The normalized spacial score (nSPS) is 17.3. The van der Waals surface area contributed by atoms with Gasteiger partial charge in [-0.05, 0) is 36.4 Å². The number of rotatable bonds is 3. The van der Waals surface area contributed by atoms with Crippen molar-refractivity contribution in [3.63, 3.8) is 0 Å². The van der Waals surface area contributed by atoms with Gasteiger partial charge in [0, 0.05) is 5.92 Å². The summed E-state index contributed by atoms with van der Waals surface area (Å²) in [6.45, 7) is 2.02. The van der Waals surface area contributed by atoms with Crippen LogP contribution in [0.2, 0.25) is 0 Å². The molecule has 1 saturated heterocycles. The van der Waals surface area contributed by atoms with Gasteiger partial charge in [-0.1, -0.05) is 0 Å². The first-order valence-electron chi connectivity index (χ1n) is 5.35. The Morgan fingerprint density at radius 2 is 2.31 bits per heavy atom. The predicted octanol–water partition coefficient (Wildman–Crippen LogP) is -0.687. The van der Waals surface area contributed by atoms with E-state index in [1.54, 1.807) is 0 Å². The second-order valence-electron chi connectivity index (χ2n) is 3.80. The minimum Gasteiger partial charge on any atom is -0.468 e. The monoisotopic (exact) mass is 225 g/mol. The van der Waals surface area contributed by atoms with Gasteiger partial charge in [0.1, 0.15) is 6.54 Å². The van der Waals surface area contributed by atoms with Crippen LogP contribution in [0.25, 0.3) is 0 Å². The van der Waals surface area contributed by atoms with Crippen molar-refractivity contribution in [2.45, 2.75) is 25.3 Å². The smallest absolute Gasteiger partial charge is 0.327 e. The van der Waals surface area contributed by atoms with Gasteiger partial charge in [0.05, 0.1) is 7.11 Å². The minimum absolute atomic E-state index is 0.0861. The number of ether oxygens (including phenoxy) is 1. The topological polar surface area (TPSA) is 81.9 Å². The summed E-state index contributed by atoms with van der Waals surface area (Å²) in [5.41, 5.74) is 0. The van der Waals surface area contributed by atoms with Crippen LogP contribution in [0.5, 0.6) is 0 Å². The van der Waals surface area contributed by atoms with Gasteiger partial charge in [-0.3, -0.25) is 4.79 Å². The number of methoxy groups -OCH3 is 1. The summed E-state index contributed by atoms with van der Waals surface area (Å²) >= 11 is 0. The average molecular weight is 225 g/mol. The van der Waals surface area contributed by atoms with Crippen LogP contribution in [0.3, 0.4) is 0 Å². The maximum absolute atomic E-state index is 11.2. The largest absolute Gasteiger partial charge is 0.468 e. The molecule has 0 unspecified atom stereocenters. The molecule has 1 aliphatic heterocycles. The maximum Gasteiger partial charge on any atom is 0.327 e. The molecule has 7 nitrogen and oxygen atoms in total. The van der Waals surface area contributed by atoms with Crippen molar-refractivity contribution in [2.24, 2.45) is 0 Å². The van der Waals surface area contributed by atoms with Crippen molar-refractivity contribution in [1.29, 1.82) is 0 Å². The number of esters is 1. The fourth-order valence-electron chi connectivity index (χ4n) is 1.88. The highest BCUT2D eigenvalue weighted by atomic mass is 16.5. The Labute approximate surface area is 93.2 Å². The molecule has 16 heavy (non-hydrogen) atoms. The maximum atomic E-state index is 11.2. The fraction of sp³-hybridized carbons (Fsp3) is 0.778. The number of tetrazole rings is 1. The first-order valence-corrected chi connectivity index (χ1v) is 5.35. The molecule has 2 heterocycles. The second kappa shape index (κ2) is 5.02. The molecule has 7 heteroatoms. The van der Waals surface area contributed by atoms with Crippen molar-refractivity contribution in [1.82, 2.24) is 25.5 Å². The van der Waals surface area contributed by atoms with Crippen LogP contribution in [-0.2, 0) is 16.1 Å². The molecule has 88 valence electrons. The van der Waals surface area contributed by atoms with Crippen LogP contribution >= 0.6 is 0 Å². The fourth-order valence-corrected chi connectivity index (χ4v) is 1.88. The van der Waals surface area contributed by atoms with Gasteiger partial charge >= 0.3 is 5.97 Å². The van der Waals surface area contributed by atoms with E-state index >= 15 is 0 Å². The van der Waals surface area contributed by atoms with Gasteiger partial charge in [-0.2, -0.15) is 0 Å². The number of piperidine rings is 1. The van der Waals surface area contributed by atoms with Crippen molar-refractivity contribution in [3.8, 4) is 0 Å². The standard InChI is InChI=1S/C9H15N5O2/c1-16-8(15)6-14-9(11-12-13-14)7-2-4-10-5-3-7/h7,10H,2-6H2,1H3. The van der Waals surface area contributed by atoms with Crippen LogP contribution in [0.15, 0.2) is 0 Å². The highest BCUT2D eigenvalue weighted by Crippen LogP contribution is 2.22. The van der Waals surface area contributed by atoms with E-state index in [4.69, 9.17) is 0 Å². The molecule has 1 aromatic rings. The number of hydrogen-bond donors (Lipinski definition) is 1. The summed E-state index contributed by atoms with van der Waals surface area (Å²) < 4.78 is 6.13. The van der Waals surface area contributed by atoms with E-state index in [0.29, 0.717) is 5.92 Å². The Balaban J connectivity index is 2.08. The van der Waals surface area contributed by atoms with E-state index in [2.05, 4.69) is 25.6 Å². The van der Waals surface area contributed by atoms with E-state index in [0.717, 1.165) is 31.8 Å². The number of aromatic nitrogens is 4. The quantitative estimate of drug-likeness (QED) is 0.686. The third-order valence-corrected chi connectivity index (χ3v) is 2.77. The lowest BCUT2D eigenvalue weighted by molar-refractivity contribution is -0.141. The van der Waals surface area contributed by atoms with Gasteiger partial charge in [-0.15, -0.1) is 5.10 Å². The molecule has 1 N–H and O–H groups in total. The summed E-state index contributed by atoms with van der Waals surface area (Å²) in [5.74, 6) is 0.787. The van der Waals surface area contributed by atoms with Gasteiger partial charge in [0.2, 0.25) is 0 Å². The highest BCUT2D eigenvalue weighted by molar-refractivity contribution is 5.68. The first kappa shape index (κ1) is 11.0. The zero-order chi connectivity index (χ0) is 11.4. The molecule has 0 aromatic carbocycles. The first-order chi connectivity index (χ1) is 7.81. The molecule has 0 radical (unpaired) electrons. The highest BCUT2D eigenvalue weighted by Gasteiger charge is 2.22. The molecular weight excluding hydrogens is 210 g/mol. The summed E-state index contributed by atoms with van der Waals surface area (Å²) in [6, 6.07) is 0. The van der Waals surface area contributed by atoms with E-state index in [1.807, 2.05) is 0 Å². The Morgan fingerprint density at radius 3 is 3.00 bits per heavy atom. The molecular formula is C9H15N5O2. The molecule has 1 fully saturated rings. The van der Waals surface area contributed by atoms with E-state index in [-0.39, 0.29) is 12.5 Å². The molecule has 0 amide bonds. The van der Waals surface area contributed by atoms with Crippen molar-refractivity contribution >= 4 is 5.97 Å². The predicted molar refractivity (Wildman–Crippen MR) is 54.7 cm³/mol. The Morgan fingerprint density at radius 1 is 1.56 bits per heavy atom. The molecule has 1 aromatic heterocycles. The third kappa shape index (κ3) is 2.35. The Kier molecular flexibility index (Phi) is 3.45. The van der Waals surface area contributed by atoms with Crippen LogP contribution in [0, 0.1) is 0 Å². The number of hydrogen-bond acceptors (Lipinski definition) is 6. The zero-order valence-corrected chi connectivity index (χ0v) is 9.22. The summed E-state index contributed by atoms with van der Waals surface area (Å²) in [4.78, 5) is 11.2. The molecule has 0 bridgehead atoms. The lowest BCUT2D eigenvalue weighted by Gasteiger charge is -2.21. The average Bonchev–Trinajstić information content (AvgIpc) is 2.78. The Bertz CT molecular complexity index is 359. The molecule has 0 spiro atoms. The third-order valence-electron chi connectivity index (χ3n) is 2.77. The van der Waals surface area contributed by atoms with Crippen LogP contribution in [0.1, 0.15) is 24.6 Å². The van der Waals surface area contributed by atoms with Gasteiger partial charge in [0.15, 0.2) is 5.82 Å². The van der Waals surface area contributed by atoms with Gasteiger partial charge in [0.25, 0.3) is 0 Å². The minimum atomic E-state index is -0.331. The number of nitrogens with zero attached hydrogens (tertiary/aromatic N) is 4. The van der Waals surface area contributed by atoms with E-state index in [9.17, 15) is 4.79 Å². The Hall–Kier alpha value is -1.50. The lowest BCUT2D eigenvalue weighted by Crippen LogP contribution is -2.29. The zero-order valence-electron chi connectivity index (χ0n) is 9.22. The van der Waals surface area contributed by atoms with Crippen LogP contribution in [0.4, 0.5) is 0 Å². The van der Waals surface area contributed by atoms with Gasteiger partial charge in [-0.25, -0.2) is 4.68 Å². The molecule has 0 atom stereocenters. The summed E-state index contributed by atoms with van der Waals surface area (Å²) in [5, 5.41) is 14.7. The molecule has 0 aliphatic carbocycles. The van der Waals surface area contributed by atoms with Crippen LogP contribution in [-0.4, -0.2) is 46.4 Å². The SMILES string of the molecule is COC(=O)Cn1nnnc1C1CCNCC1. The van der Waals surface area contributed by atoms with Crippen molar-refractivity contribution < 1.29 is 9.53 Å². The van der Waals surface area contributed by atoms with Crippen molar-refractivity contribution in [3.05, 3.63) is 5.82 Å². The van der Waals surface area contributed by atoms with E-state index < -0.39 is 0 Å². The number of carbonyl (C=O) groups is 1. The van der Waals surface area contributed by atoms with E-state index in [1.165, 1.54) is 11.8 Å². The summed E-state index contributed by atoms with van der Waals surface area (Å²) in [7, 11) is 1.36. The van der Waals surface area contributed by atoms with Crippen molar-refractivity contribution in [2.75, 3.05) is 20.2 Å². The van der Waals surface area contributed by atoms with Crippen LogP contribution < -0.4 is 5.32 Å². The lowest BCUT2D eigenvalue weighted by atomic mass is 9.97.